The van der Waals surface area contributed by atoms with Crippen LogP contribution >= 0.6 is 0 Å². The van der Waals surface area contributed by atoms with Crippen LogP contribution < -0.4 is 10.6 Å². The molecule has 0 radical (unpaired) electrons. The lowest BCUT2D eigenvalue weighted by Crippen LogP contribution is -2.17. The van der Waals surface area contributed by atoms with Gasteiger partial charge in [-0.25, -0.2) is 14.5 Å². The first-order chi connectivity index (χ1) is 16.2. The minimum Gasteiger partial charge on any atom is -0.393 e. The number of rotatable bonds is 4. The monoisotopic (exact) mass is 440 g/mol. The molecule has 1 aliphatic heterocycles. The normalized spacial score (nSPS) is 20.0. The van der Waals surface area contributed by atoms with Crippen LogP contribution in [0.2, 0.25) is 0 Å². The molecule has 4 aromatic rings. The lowest BCUT2D eigenvalue weighted by molar-refractivity contribution is 0.0966. The van der Waals surface area contributed by atoms with Crippen molar-refractivity contribution in [1.82, 2.24) is 24.9 Å². The number of aliphatic hydroxyl groups is 1. The van der Waals surface area contributed by atoms with Gasteiger partial charge in [0.25, 0.3) is 5.91 Å². The second-order valence-corrected chi connectivity index (χ2v) is 8.75. The van der Waals surface area contributed by atoms with E-state index < -0.39 is 0 Å². The Kier molecular flexibility index (Phi) is 4.80. The third-order valence-electron chi connectivity index (χ3n) is 6.75. The Hall–Kier alpha value is -3.78. The van der Waals surface area contributed by atoms with Gasteiger partial charge in [0.2, 0.25) is 0 Å². The summed E-state index contributed by atoms with van der Waals surface area (Å²) in [6.07, 6.45) is 10.8. The molecule has 2 aliphatic rings. The third-order valence-corrected chi connectivity index (χ3v) is 6.75. The van der Waals surface area contributed by atoms with Crippen LogP contribution in [0.25, 0.3) is 16.8 Å². The quantitative estimate of drug-likeness (QED) is 0.446. The Labute approximate surface area is 190 Å². The van der Waals surface area contributed by atoms with Crippen molar-refractivity contribution in [3.63, 3.8) is 0 Å². The number of benzene rings is 1. The molecule has 0 atom stereocenters. The van der Waals surface area contributed by atoms with Gasteiger partial charge in [-0.1, -0.05) is 12.1 Å². The molecule has 8 heteroatoms. The van der Waals surface area contributed by atoms with Gasteiger partial charge in [-0.15, -0.1) is 0 Å². The maximum Gasteiger partial charge on any atom is 0.254 e. The van der Waals surface area contributed by atoms with E-state index in [9.17, 15) is 9.90 Å². The first-order valence-electron chi connectivity index (χ1n) is 11.3. The Morgan fingerprint density at radius 2 is 1.91 bits per heavy atom. The fourth-order valence-electron chi connectivity index (χ4n) is 4.99. The Bertz CT molecular complexity index is 1340. The molecule has 8 nitrogen and oxygen atoms in total. The highest BCUT2D eigenvalue weighted by Gasteiger charge is 2.27. The molecule has 166 valence electrons. The third kappa shape index (κ3) is 3.52. The van der Waals surface area contributed by atoms with Gasteiger partial charge in [0.15, 0.2) is 5.65 Å². The molecule has 3 aromatic heterocycles. The second kappa shape index (κ2) is 7.97. The molecular formula is C25H24N6O2. The van der Waals surface area contributed by atoms with Crippen molar-refractivity contribution in [3.05, 3.63) is 71.8 Å². The molecule has 33 heavy (non-hydrogen) atoms. The summed E-state index contributed by atoms with van der Waals surface area (Å²) < 4.78 is 1.73. The summed E-state index contributed by atoms with van der Waals surface area (Å²) in [5.41, 5.74) is 6.10. The number of aliphatic hydroxyl groups excluding tert-OH is 1. The zero-order chi connectivity index (χ0) is 22.4. The minimum atomic E-state index is -0.164. The van der Waals surface area contributed by atoms with Crippen LogP contribution in [0.4, 0.5) is 11.5 Å². The average Bonchev–Trinajstić information content (AvgIpc) is 3.45. The molecule has 0 saturated heterocycles. The number of nitrogens with one attached hydrogen (secondary N) is 2. The van der Waals surface area contributed by atoms with Crippen molar-refractivity contribution >= 4 is 23.1 Å². The Morgan fingerprint density at radius 3 is 2.73 bits per heavy atom. The average molecular weight is 441 g/mol. The van der Waals surface area contributed by atoms with E-state index in [1.165, 1.54) is 5.56 Å². The van der Waals surface area contributed by atoms with Crippen molar-refractivity contribution in [2.75, 3.05) is 5.32 Å². The highest BCUT2D eigenvalue weighted by molar-refractivity contribution is 6.06. The van der Waals surface area contributed by atoms with Gasteiger partial charge in [0.1, 0.15) is 5.82 Å². The van der Waals surface area contributed by atoms with Crippen molar-refractivity contribution in [2.24, 2.45) is 0 Å². The van der Waals surface area contributed by atoms with E-state index in [1.54, 1.807) is 16.9 Å². The van der Waals surface area contributed by atoms with Crippen LogP contribution in [-0.2, 0) is 6.54 Å². The molecule has 1 aromatic carbocycles. The van der Waals surface area contributed by atoms with Gasteiger partial charge in [-0.05, 0) is 66.5 Å². The predicted octanol–water partition coefficient (Wildman–Crippen LogP) is 3.80. The Morgan fingerprint density at radius 1 is 1.03 bits per heavy atom. The fourth-order valence-corrected chi connectivity index (χ4v) is 4.99. The largest absolute Gasteiger partial charge is 0.393 e. The SMILES string of the molecule is O=C1NCc2c(-c3cnn4cccnc34)ccc(Nc3ccc(C4CCC(O)CC4)cn3)c21. The number of hydrogen-bond acceptors (Lipinski definition) is 6. The molecule has 0 spiro atoms. The summed E-state index contributed by atoms with van der Waals surface area (Å²) in [4.78, 5) is 21.8. The van der Waals surface area contributed by atoms with Gasteiger partial charge >= 0.3 is 0 Å². The summed E-state index contributed by atoms with van der Waals surface area (Å²) in [5, 5.41) is 20.4. The number of carbonyl (C=O) groups excluding carboxylic acids is 1. The van der Waals surface area contributed by atoms with Crippen LogP contribution in [0.5, 0.6) is 0 Å². The minimum absolute atomic E-state index is 0.101. The zero-order valence-corrected chi connectivity index (χ0v) is 18.0. The molecule has 3 N–H and O–H groups in total. The molecule has 1 aliphatic carbocycles. The summed E-state index contributed by atoms with van der Waals surface area (Å²) in [7, 11) is 0. The maximum absolute atomic E-state index is 12.7. The molecule has 4 heterocycles. The molecule has 1 fully saturated rings. The number of fused-ring (bicyclic) bond motifs is 2. The van der Waals surface area contributed by atoms with E-state index in [4.69, 9.17) is 0 Å². The van der Waals surface area contributed by atoms with E-state index in [2.05, 4.69) is 31.8 Å². The lowest BCUT2D eigenvalue weighted by Gasteiger charge is -2.25. The number of hydrogen-bond donors (Lipinski definition) is 3. The number of anilines is 2. The predicted molar refractivity (Wildman–Crippen MR) is 124 cm³/mol. The number of amides is 1. The topological polar surface area (TPSA) is 104 Å². The Balaban J connectivity index is 1.31. The van der Waals surface area contributed by atoms with E-state index in [0.717, 1.165) is 53.7 Å². The van der Waals surface area contributed by atoms with E-state index in [0.29, 0.717) is 23.8 Å². The summed E-state index contributed by atoms with van der Waals surface area (Å²) in [6.45, 7) is 0.461. The first-order valence-corrected chi connectivity index (χ1v) is 11.3. The van der Waals surface area contributed by atoms with Gasteiger partial charge in [-0.2, -0.15) is 5.10 Å². The summed E-state index contributed by atoms with van der Waals surface area (Å²) in [5.74, 6) is 1.04. The zero-order valence-electron chi connectivity index (χ0n) is 18.0. The fraction of sp³-hybridized carbons (Fsp3) is 0.280. The first kappa shape index (κ1) is 19.9. The van der Waals surface area contributed by atoms with Gasteiger partial charge < -0.3 is 15.7 Å². The molecule has 6 rings (SSSR count). The summed E-state index contributed by atoms with van der Waals surface area (Å²) >= 11 is 0. The van der Waals surface area contributed by atoms with E-state index in [1.807, 2.05) is 36.7 Å². The van der Waals surface area contributed by atoms with Crippen LogP contribution in [0.3, 0.4) is 0 Å². The van der Waals surface area contributed by atoms with Crippen molar-refractivity contribution in [2.45, 2.75) is 44.2 Å². The number of carbonyl (C=O) groups is 1. The molecule has 1 saturated carbocycles. The molecular weight excluding hydrogens is 416 g/mol. The maximum atomic E-state index is 12.7. The highest BCUT2D eigenvalue weighted by atomic mass is 16.3. The van der Waals surface area contributed by atoms with Crippen molar-refractivity contribution in [3.8, 4) is 11.1 Å². The van der Waals surface area contributed by atoms with Crippen LogP contribution in [0.15, 0.2) is 55.1 Å². The van der Waals surface area contributed by atoms with Crippen molar-refractivity contribution < 1.29 is 9.90 Å². The van der Waals surface area contributed by atoms with Gasteiger partial charge in [0.05, 0.1) is 23.6 Å². The number of nitrogens with zero attached hydrogens (tertiary/aromatic N) is 4. The molecule has 1 amide bonds. The lowest BCUT2D eigenvalue weighted by atomic mass is 9.83. The van der Waals surface area contributed by atoms with Crippen LogP contribution in [-0.4, -0.2) is 36.7 Å². The standard InChI is InChI=1S/C25H24N6O2/c32-17-5-2-15(3-6-17)16-4-9-22(27-12-16)30-21-8-7-18(19-13-28-25(33)23(19)21)20-14-29-31-11-1-10-26-24(20)31/h1,4,7-12,14-15,17,32H,2-3,5-6,13H2,(H,27,30)(H,28,33). The molecule has 0 bridgehead atoms. The smallest absolute Gasteiger partial charge is 0.254 e. The highest BCUT2D eigenvalue weighted by Crippen LogP contribution is 2.37. The number of aromatic nitrogens is 4. The number of pyridine rings is 1. The van der Waals surface area contributed by atoms with Crippen LogP contribution in [0, 0.1) is 0 Å². The second-order valence-electron chi connectivity index (χ2n) is 8.75. The van der Waals surface area contributed by atoms with Gasteiger partial charge in [-0.3, -0.25) is 4.79 Å². The van der Waals surface area contributed by atoms with Gasteiger partial charge in [0, 0.05) is 30.7 Å². The van der Waals surface area contributed by atoms with E-state index >= 15 is 0 Å². The van der Waals surface area contributed by atoms with Crippen molar-refractivity contribution in [1.29, 1.82) is 0 Å². The van der Waals surface area contributed by atoms with E-state index in [-0.39, 0.29) is 12.0 Å². The summed E-state index contributed by atoms with van der Waals surface area (Å²) in [6, 6.07) is 9.82. The van der Waals surface area contributed by atoms with Crippen LogP contribution in [0.1, 0.15) is 53.1 Å². The molecule has 0 unspecified atom stereocenters.